The number of aryl methyl sites for hydroxylation is 2. The van der Waals surface area contributed by atoms with Gasteiger partial charge in [0.05, 0.1) is 23.7 Å². The van der Waals surface area contributed by atoms with E-state index >= 15 is 0 Å². The van der Waals surface area contributed by atoms with Crippen LogP contribution in [0.5, 0.6) is 0 Å². The van der Waals surface area contributed by atoms with E-state index in [0.717, 1.165) is 0 Å². The quantitative estimate of drug-likeness (QED) is 0.858. The number of nitrogens with zero attached hydrogens (tertiary/aromatic N) is 1. The van der Waals surface area contributed by atoms with Crippen LogP contribution < -0.4 is 5.32 Å². The van der Waals surface area contributed by atoms with E-state index in [2.05, 4.69) is 5.32 Å². The number of furan rings is 1. The Labute approximate surface area is 153 Å². The molecule has 140 valence electrons. The van der Waals surface area contributed by atoms with Crippen LogP contribution in [0.25, 0.3) is 0 Å². The maximum absolute atomic E-state index is 12.9. The Morgan fingerprint density at radius 1 is 1.19 bits per heavy atom. The number of ether oxygens (including phenoxy) is 1. The minimum Gasteiger partial charge on any atom is -0.466 e. The molecule has 2 heterocycles. The number of rotatable bonds is 5. The number of sulfonamides is 1. The summed E-state index contributed by atoms with van der Waals surface area (Å²) in [5, 5.41) is 2.78. The van der Waals surface area contributed by atoms with Crippen LogP contribution >= 0.6 is 0 Å². The first-order chi connectivity index (χ1) is 12.4. The normalized spacial score (nSPS) is 15.8. The van der Waals surface area contributed by atoms with Gasteiger partial charge in [0.2, 0.25) is 10.0 Å². The van der Waals surface area contributed by atoms with E-state index in [1.165, 1.54) is 4.31 Å². The fraction of sp³-hybridized carbons (Fsp3) is 0.389. The fourth-order valence-corrected chi connectivity index (χ4v) is 4.58. The van der Waals surface area contributed by atoms with Crippen molar-refractivity contribution in [2.45, 2.75) is 25.3 Å². The molecule has 1 saturated heterocycles. The summed E-state index contributed by atoms with van der Waals surface area (Å²) in [6, 6.07) is 8.39. The number of hydrogen-bond donors (Lipinski definition) is 1. The average molecular weight is 378 g/mol. The standard InChI is InChI=1S/C18H22N2O5S/c1-13-11-16(14(2)25-13)18(21)19-12-15-5-3-4-6-17(15)26(22,23)20-7-9-24-10-8-20/h3-6,11H,7-10,12H2,1-2H3,(H,19,21). The lowest BCUT2D eigenvalue weighted by atomic mass is 10.2. The second-order valence-electron chi connectivity index (χ2n) is 6.13. The number of amides is 1. The first kappa shape index (κ1) is 18.6. The smallest absolute Gasteiger partial charge is 0.255 e. The third kappa shape index (κ3) is 3.82. The van der Waals surface area contributed by atoms with E-state index in [0.29, 0.717) is 49.0 Å². The highest BCUT2D eigenvalue weighted by molar-refractivity contribution is 7.89. The van der Waals surface area contributed by atoms with Crippen molar-refractivity contribution in [1.29, 1.82) is 0 Å². The maximum Gasteiger partial charge on any atom is 0.255 e. The minimum absolute atomic E-state index is 0.113. The van der Waals surface area contributed by atoms with Crippen LogP contribution in [0, 0.1) is 13.8 Å². The van der Waals surface area contributed by atoms with E-state index < -0.39 is 10.0 Å². The van der Waals surface area contributed by atoms with E-state index in [1.54, 1.807) is 44.2 Å². The van der Waals surface area contributed by atoms with Gasteiger partial charge in [-0.25, -0.2) is 8.42 Å². The predicted octanol–water partition coefficient (Wildman–Crippen LogP) is 1.85. The zero-order valence-corrected chi connectivity index (χ0v) is 15.6. The molecular formula is C18H22N2O5S. The van der Waals surface area contributed by atoms with Gasteiger partial charge in [-0.05, 0) is 31.5 Å². The van der Waals surface area contributed by atoms with E-state index in [9.17, 15) is 13.2 Å². The lowest BCUT2D eigenvalue weighted by molar-refractivity contribution is 0.0730. The monoisotopic (exact) mass is 378 g/mol. The van der Waals surface area contributed by atoms with Crippen LogP contribution in [0.2, 0.25) is 0 Å². The molecule has 0 saturated carbocycles. The Hall–Kier alpha value is -2.16. The molecule has 2 aromatic rings. The lowest BCUT2D eigenvalue weighted by Gasteiger charge is -2.27. The molecule has 26 heavy (non-hydrogen) atoms. The third-order valence-electron chi connectivity index (χ3n) is 4.29. The number of hydrogen-bond acceptors (Lipinski definition) is 5. The minimum atomic E-state index is -3.63. The summed E-state index contributed by atoms with van der Waals surface area (Å²) in [4.78, 5) is 12.6. The Morgan fingerprint density at radius 3 is 2.54 bits per heavy atom. The molecule has 1 amide bonds. The zero-order valence-electron chi connectivity index (χ0n) is 14.8. The van der Waals surface area contributed by atoms with Gasteiger partial charge in [-0.2, -0.15) is 4.31 Å². The van der Waals surface area contributed by atoms with Gasteiger partial charge in [-0.15, -0.1) is 0 Å². The summed E-state index contributed by atoms with van der Waals surface area (Å²) in [7, 11) is -3.63. The molecule has 1 aromatic heterocycles. The van der Waals surface area contributed by atoms with Gasteiger partial charge in [-0.3, -0.25) is 4.79 Å². The van der Waals surface area contributed by atoms with Gasteiger partial charge in [0, 0.05) is 19.6 Å². The molecule has 8 heteroatoms. The highest BCUT2D eigenvalue weighted by atomic mass is 32.2. The maximum atomic E-state index is 12.9. The van der Waals surface area contributed by atoms with Crippen molar-refractivity contribution in [2.24, 2.45) is 0 Å². The van der Waals surface area contributed by atoms with Crippen LogP contribution in [0.4, 0.5) is 0 Å². The molecule has 7 nitrogen and oxygen atoms in total. The molecule has 0 spiro atoms. The van der Waals surface area contributed by atoms with Gasteiger partial charge in [0.25, 0.3) is 5.91 Å². The van der Waals surface area contributed by atoms with Gasteiger partial charge in [-0.1, -0.05) is 18.2 Å². The Bertz CT molecular complexity index is 898. The highest BCUT2D eigenvalue weighted by Gasteiger charge is 2.28. The fourth-order valence-electron chi connectivity index (χ4n) is 2.95. The third-order valence-corrected chi connectivity index (χ3v) is 6.28. The van der Waals surface area contributed by atoms with Crippen LogP contribution in [-0.4, -0.2) is 44.9 Å². The van der Waals surface area contributed by atoms with E-state index in [4.69, 9.17) is 9.15 Å². The second kappa shape index (κ2) is 7.61. The molecule has 1 aliphatic heterocycles. The summed E-state index contributed by atoms with van der Waals surface area (Å²) in [5.41, 5.74) is 1.00. The first-order valence-corrected chi connectivity index (χ1v) is 9.84. The van der Waals surface area contributed by atoms with Crippen molar-refractivity contribution in [3.8, 4) is 0 Å². The first-order valence-electron chi connectivity index (χ1n) is 8.40. The molecule has 1 N–H and O–H groups in total. The van der Waals surface area contributed by atoms with Gasteiger partial charge >= 0.3 is 0 Å². The van der Waals surface area contributed by atoms with Crippen molar-refractivity contribution >= 4 is 15.9 Å². The van der Waals surface area contributed by atoms with Crippen LogP contribution in [0.15, 0.2) is 39.6 Å². The van der Waals surface area contributed by atoms with Crippen molar-refractivity contribution < 1.29 is 22.4 Å². The number of nitrogens with one attached hydrogen (secondary N) is 1. The number of morpholine rings is 1. The molecule has 0 aliphatic carbocycles. The number of benzene rings is 1. The van der Waals surface area contributed by atoms with Crippen LogP contribution in [0.3, 0.4) is 0 Å². The van der Waals surface area contributed by atoms with Gasteiger partial charge in [0.1, 0.15) is 11.5 Å². The van der Waals surface area contributed by atoms with E-state index in [-0.39, 0.29) is 17.3 Å². The Kier molecular flexibility index (Phi) is 5.45. The second-order valence-corrected chi connectivity index (χ2v) is 8.04. The largest absolute Gasteiger partial charge is 0.466 e. The summed E-state index contributed by atoms with van der Waals surface area (Å²) in [5.74, 6) is 0.898. The van der Waals surface area contributed by atoms with Crippen LogP contribution in [-0.2, 0) is 21.3 Å². The molecular weight excluding hydrogens is 356 g/mol. The predicted molar refractivity (Wildman–Crippen MR) is 95.4 cm³/mol. The molecule has 1 aromatic carbocycles. The lowest BCUT2D eigenvalue weighted by Crippen LogP contribution is -2.41. The SMILES string of the molecule is Cc1cc(C(=O)NCc2ccccc2S(=O)(=O)N2CCOCC2)c(C)o1. The highest BCUT2D eigenvalue weighted by Crippen LogP contribution is 2.21. The molecule has 3 rings (SSSR count). The van der Waals surface area contributed by atoms with Crippen molar-refractivity contribution in [1.82, 2.24) is 9.62 Å². The summed E-state index contributed by atoms with van der Waals surface area (Å²) >= 11 is 0. The molecule has 0 atom stereocenters. The number of carbonyl (C=O) groups excluding carboxylic acids is 1. The molecule has 1 aliphatic rings. The van der Waals surface area contributed by atoms with Crippen molar-refractivity contribution in [3.63, 3.8) is 0 Å². The molecule has 0 radical (unpaired) electrons. The molecule has 1 fully saturated rings. The van der Waals surface area contributed by atoms with Gasteiger partial charge < -0.3 is 14.5 Å². The summed E-state index contributed by atoms with van der Waals surface area (Å²) in [6.07, 6.45) is 0. The van der Waals surface area contributed by atoms with Crippen molar-refractivity contribution in [3.05, 3.63) is 53.0 Å². The Morgan fingerprint density at radius 2 is 1.88 bits per heavy atom. The molecule has 0 unspecified atom stereocenters. The summed E-state index contributed by atoms with van der Waals surface area (Å²) < 4.78 is 37.9. The topological polar surface area (TPSA) is 88.9 Å². The Balaban J connectivity index is 1.79. The van der Waals surface area contributed by atoms with E-state index in [1.807, 2.05) is 0 Å². The van der Waals surface area contributed by atoms with Gasteiger partial charge in [0.15, 0.2) is 0 Å². The molecule has 0 bridgehead atoms. The zero-order chi connectivity index (χ0) is 18.7. The summed E-state index contributed by atoms with van der Waals surface area (Å²) in [6.45, 7) is 5.04. The van der Waals surface area contributed by atoms with Crippen LogP contribution in [0.1, 0.15) is 27.4 Å². The average Bonchev–Trinajstić information content (AvgIpc) is 2.99. The number of carbonyl (C=O) groups is 1. The van der Waals surface area contributed by atoms with Crippen molar-refractivity contribution in [2.75, 3.05) is 26.3 Å².